The molecule has 4 rings (SSSR count). The number of benzene rings is 4. The summed E-state index contributed by atoms with van der Waals surface area (Å²) in [5, 5.41) is 2.87. The van der Waals surface area contributed by atoms with E-state index in [1.165, 1.54) is 17.0 Å². The molecule has 0 spiro atoms. The Bertz CT molecular complexity index is 1670. The zero-order valence-electron chi connectivity index (χ0n) is 25.7. The van der Waals surface area contributed by atoms with Crippen LogP contribution >= 0.6 is 0 Å². The van der Waals surface area contributed by atoms with Crippen molar-refractivity contribution < 1.29 is 22.7 Å². The molecule has 1 N–H and O–H groups in total. The summed E-state index contributed by atoms with van der Waals surface area (Å²) in [4.78, 5) is 28.7. The van der Waals surface area contributed by atoms with Gasteiger partial charge in [0, 0.05) is 12.6 Å². The first-order valence-corrected chi connectivity index (χ1v) is 16.0. The molecule has 0 aliphatic rings. The molecule has 0 fully saturated rings. The summed E-state index contributed by atoms with van der Waals surface area (Å²) in [5.41, 5.74) is 3.01. The average molecular weight is 614 g/mol. The molecule has 0 aliphatic carbocycles. The summed E-state index contributed by atoms with van der Waals surface area (Å²) in [5.74, 6) is 0.316. The number of nitrogens with zero attached hydrogens (tertiary/aromatic N) is 2. The van der Waals surface area contributed by atoms with Gasteiger partial charge in [-0.1, -0.05) is 60.2 Å². The van der Waals surface area contributed by atoms with E-state index in [0.717, 1.165) is 21.0 Å². The van der Waals surface area contributed by atoms with Crippen LogP contribution in [0.15, 0.2) is 108 Å². The second-order valence-electron chi connectivity index (χ2n) is 11.0. The van der Waals surface area contributed by atoms with Gasteiger partial charge in [-0.15, -0.1) is 0 Å². The third kappa shape index (κ3) is 8.05. The fraction of sp³-hybridized carbons (Fsp3) is 0.257. The van der Waals surface area contributed by atoms with E-state index in [2.05, 4.69) is 5.32 Å². The van der Waals surface area contributed by atoms with Gasteiger partial charge in [-0.05, 0) is 94.3 Å². The summed E-state index contributed by atoms with van der Waals surface area (Å²) in [6, 6.07) is 28.9. The minimum atomic E-state index is -4.17. The van der Waals surface area contributed by atoms with Crippen LogP contribution in [-0.2, 0) is 26.2 Å². The van der Waals surface area contributed by atoms with Crippen LogP contribution in [0.5, 0.6) is 11.5 Å². The minimum Gasteiger partial charge on any atom is -0.457 e. The number of nitrogens with one attached hydrogen (secondary N) is 1. The maximum atomic E-state index is 14.1. The molecule has 4 aromatic carbocycles. The lowest BCUT2D eigenvalue weighted by Gasteiger charge is -2.32. The van der Waals surface area contributed by atoms with Crippen molar-refractivity contribution in [3.63, 3.8) is 0 Å². The molecule has 1 atom stereocenters. The summed E-state index contributed by atoms with van der Waals surface area (Å²) in [6.45, 7) is 8.78. The van der Waals surface area contributed by atoms with E-state index in [9.17, 15) is 18.0 Å². The fourth-order valence-electron chi connectivity index (χ4n) is 4.63. The van der Waals surface area contributed by atoms with Crippen LogP contribution in [0.2, 0.25) is 0 Å². The smallest absolute Gasteiger partial charge is 0.264 e. The Morgan fingerprint density at radius 3 is 1.98 bits per heavy atom. The van der Waals surface area contributed by atoms with Gasteiger partial charge in [-0.2, -0.15) is 0 Å². The number of hydrogen-bond donors (Lipinski definition) is 1. The Morgan fingerprint density at radius 2 is 1.36 bits per heavy atom. The number of aryl methyl sites for hydroxylation is 2. The van der Waals surface area contributed by atoms with Crippen LogP contribution < -0.4 is 14.4 Å². The number of hydrogen-bond acceptors (Lipinski definition) is 5. The van der Waals surface area contributed by atoms with Crippen LogP contribution in [-0.4, -0.2) is 43.8 Å². The molecule has 0 aromatic heterocycles. The third-order valence-corrected chi connectivity index (χ3v) is 8.98. The van der Waals surface area contributed by atoms with Crippen molar-refractivity contribution in [3.8, 4) is 11.5 Å². The first-order chi connectivity index (χ1) is 21.0. The lowest BCUT2D eigenvalue weighted by Crippen LogP contribution is -2.52. The average Bonchev–Trinajstić information content (AvgIpc) is 3.00. The molecule has 0 radical (unpaired) electrons. The number of ether oxygens (including phenoxy) is 1. The van der Waals surface area contributed by atoms with E-state index in [1.54, 1.807) is 43.3 Å². The number of sulfonamides is 1. The zero-order valence-corrected chi connectivity index (χ0v) is 26.5. The quantitative estimate of drug-likeness (QED) is 0.204. The van der Waals surface area contributed by atoms with Gasteiger partial charge in [-0.25, -0.2) is 8.42 Å². The van der Waals surface area contributed by atoms with E-state index < -0.39 is 28.5 Å². The lowest BCUT2D eigenvalue weighted by atomic mass is 10.1. The molecule has 44 heavy (non-hydrogen) atoms. The molecular formula is C35H39N3O5S. The standard InChI is InChI=1S/C35H39N3O5S/c1-25(2)36-35(40)28(5)37(23-29-12-10-9-11-27(29)4)34(39)24-38(44(41,42)33-21-15-26(3)16-22-33)30-17-19-32(20-18-30)43-31-13-7-6-8-14-31/h6-22,25,28H,23-24H2,1-5H3,(H,36,40). The highest BCUT2D eigenvalue weighted by Crippen LogP contribution is 2.29. The van der Waals surface area contributed by atoms with Crippen molar-refractivity contribution in [1.29, 1.82) is 0 Å². The monoisotopic (exact) mass is 613 g/mol. The Labute approximate surface area is 260 Å². The number of amides is 2. The molecule has 4 aromatic rings. The molecule has 8 nitrogen and oxygen atoms in total. The molecular weight excluding hydrogens is 574 g/mol. The van der Waals surface area contributed by atoms with Crippen molar-refractivity contribution >= 4 is 27.5 Å². The van der Waals surface area contributed by atoms with Crippen LogP contribution in [0.4, 0.5) is 5.69 Å². The van der Waals surface area contributed by atoms with Crippen molar-refractivity contribution in [3.05, 3.63) is 120 Å². The van der Waals surface area contributed by atoms with E-state index >= 15 is 0 Å². The molecule has 1 unspecified atom stereocenters. The first-order valence-electron chi connectivity index (χ1n) is 14.5. The summed E-state index contributed by atoms with van der Waals surface area (Å²) < 4.78 is 35.2. The highest BCUT2D eigenvalue weighted by atomic mass is 32.2. The lowest BCUT2D eigenvalue weighted by molar-refractivity contribution is -0.139. The normalized spacial score (nSPS) is 12.0. The second-order valence-corrected chi connectivity index (χ2v) is 12.9. The highest BCUT2D eigenvalue weighted by molar-refractivity contribution is 7.92. The summed E-state index contributed by atoms with van der Waals surface area (Å²) in [6.07, 6.45) is 0. The summed E-state index contributed by atoms with van der Waals surface area (Å²) >= 11 is 0. The molecule has 0 bridgehead atoms. The van der Waals surface area contributed by atoms with E-state index in [1.807, 2.05) is 82.3 Å². The Balaban J connectivity index is 1.71. The van der Waals surface area contributed by atoms with Crippen LogP contribution in [0.1, 0.15) is 37.5 Å². The maximum Gasteiger partial charge on any atom is 0.264 e. The number of carbonyl (C=O) groups excluding carboxylic acids is 2. The first kappa shape index (κ1) is 32.3. The molecule has 2 amide bonds. The van der Waals surface area contributed by atoms with E-state index in [0.29, 0.717) is 11.5 Å². The Kier molecular flexibility index (Phi) is 10.4. The van der Waals surface area contributed by atoms with Gasteiger partial charge in [0.1, 0.15) is 24.1 Å². The van der Waals surface area contributed by atoms with E-state index in [-0.39, 0.29) is 29.1 Å². The number of carbonyl (C=O) groups is 2. The predicted molar refractivity (Wildman–Crippen MR) is 173 cm³/mol. The van der Waals surface area contributed by atoms with Crippen molar-refractivity contribution in [1.82, 2.24) is 10.2 Å². The van der Waals surface area contributed by atoms with Crippen molar-refractivity contribution in [2.75, 3.05) is 10.8 Å². The number of para-hydroxylation sites is 1. The van der Waals surface area contributed by atoms with Crippen molar-refractivity contribution in [2.45, 2.75) is 58.1 Å². The minimum absolute atomic E-state index is 0.0524. The second kappa shape index (κ2) is 14.2. The molecule has 0 saturated carbocycles. The van der Waals surface area contributed by atoms with Gasteiger partial charge in [-0.3, -0.25) is 13.9 Å². The molecule has 9 heteroatoms. The van der Waals surface area contributed by atoms with Gasteiger partial charge in [0.05, 0.1) is 10.6 Å². The van der Waals surface area contributed by atoms with Crippen LogP contribution in [0.25, 0.3) is 0 Å². The Morgan fingerprint density at radius 1 is 0.773 bits per heavy atom. The number of anilines is 1. The van der Waals surface area contributed by atoms with Gasteiger partial charge in [0.2, 0.25) is 11.8 Å². The van der Waals surface area contributed by atoms with Gasteiger partial charge in [0.15, 0.2) is 0 Å². The van der Waals surface area contributed by atoms with Crippen LogP contribution in [0.3, 0.4) is 0 Å². The molecule has 0 saturated heterocycles. The van der Waals surface area contributed by atoms with Gasteiger partial charge < -0.3 is 15.0 Å². The van der Waals surface area contributed by atoms with Gasteiger partial charge in [0.25, 0.3) is 10.0 Å². The number of rotatable bonds is 12. The predicted octanol–water partition coefficient (Wildman–Crippen LogP) is 6.23. The zero-order chi connectivity index (χ0) is 31.9. The molecule has 230 valence electrons. The fourth-order valence-corrected chi connectivity index (χ4v) is 6.04. The molecule has 0 aliphatic heterocycles. The Hall–Kier alpha value is -4.63. The van der Waals surface area contributed by atoms with Crippen LogP contribution in [0, 0.1) is 13.8 Å². The van der Waals surface area contributed by atoms with E-state index in [4.69, 9.17) is 4.74 Å². The highest BCUT2D eigenvalue weighted by Gasteiger charge is 2.33. The van der Waals surface area contributed by atoms with Crippen molar-refractivity contribution in [2.24, 2.45) is 0 Å². The van der Waals surface area contributed by atoms with Gasteiger partial charge >= 0.3 is 0 Å². The molecule has 0 heterocycles. The SMILES string of the molecule is Cc1ccc(S(=O)(=O)N(CC(=O)N(Cc2ccccc2C)C(C)C(=O)NC(C)C)c2ccc(Oc3ccccc3)cc2)cc1. The topological polar surface area (TPSA) is 96.0 Å². The third-order valence-electron chi connectivity index (χ3n) is 7.19. The summed E-state index contributed by atoms with van der Waals surface area (Å²) in [7, 11) is -4.17. The maximum absolute atomic E-state index is 14.1. The largest absolute Gasteiger partial charge is 0.457 e.